The number of benzene rings is 2. The van der Waals surface area contributed by atoms with Gasteiger partial charge in [0, 0.05) is 0 Å². The Kier molecular flexibility index (Phi) is 2.02. The summed E-state index contributed by atoms with van der Waals surface area (Å²) in [5.41, 5.74) is 2.87. The second-order valence-corrected chi connectivity index (χ2v) is 4.41. The minimum atomic E-state index is -0.0419. The summed E-state index contributed by atoms with van der Waals surface area (Å²) in [6.07, 6.45) is 0.0408. The zero-order valence-electron chi connectivity index (χ0n) is 9.61. The lowest BCUT2D eigenvalue weighted by Gasteiger charge is -1.92. The number of hydrogen-bond donors (Lipinski definition) is 0. The van der Waals surface area contributed by atoms with E-state index in [0.29, 0.717) is 5.89 Å². The topological polar surface area (TPSA) is 38.6 Å². The van der Waals surface area contributed by atoms with Crippen molar-refractivity contribution in [1.29, 1.82) is 0 Å². The molecule has 2 atom stereocenters. The molecular weight excluding hydrogens is 226 g/mol. The number of epoxide rings is 1. The molecule has 0 spiro atoms. The van der Waals surface area contributed by atoms with Crippen molar-refractivity contribution in [3.63, 3.8) is 0 Å². The monoisotopic (exact) mass is 237 g/mol. The van der Waals surface area contributed by atoms with Crippen molar-refractivity contribution in [3.05, 3.63) is 66.1 Å². The predicted molar refractivity (Wildman–Crippen MR) is 67.0 cm³/mol. The van der Waals surface area contributed by atoms with Gasteiger partial charge in [0.1, 0.15) is 11.6 Å². The smallest absolute Gasteiger partial charge is 0.227 e. The summed E-state index contributed by atoms with van der Waals surface area (Å²) in [5.74, 6) is 0.671. The number of aromatic nitrogens is 1. The van der Waals surface area contributed by atoms with E-state index >= 15 is 0 Å². The molecule has 0 radical (unpaired) electrons. The Morgan fingerprint density at radius 2 is 1.61 bits per heavy atom. The first-order valence-electron chi connectivity index (χ1n) is 5.98. The van der Waals surface area contributed by atoms with Crippen LogP contribution in [0.2, 0.25) is 0 Å². The number of ether oxygens (including phenoxy) is 1. The standard InChI is InChI=1S/C15H11NO2/c1-2-6-10(7-3-1)13-14(18-13)15-16-11-8-4-5-9-12(11)17-15/h1-9,13-14H. The van der Waals surface area contributed by atoms with Crippen LogP contribution in [0, 0.1) is 0 Å². The highest BCUT2D eigenvalue weighted by Gasteiger charge is 2.45. The molecule has 3 aromatic rings. The molecule has 0 bridgehead atoms. The second kappa shape index (κ2) is 3.68. The lowest BCUT2D eigenvalue weighted by molar-refractivity contribution is 0.348. The van der Waals surface area contributed by atoms with E-state index in [9.17, 15) is 0 Å². The van der Waals surface area contributed by atoms with Crippen LogP contribution < -0.4 is 0 Å². The van der Waals surface area contributed by atoms with Crippen LogP contribution in [-0.4, -0.2) is 4.98 Å². The predicted octanol–water partition coefficient (Wildman–Crippen LogP) is 3.64. The van der Waals surface area contributed by atoms with Crippen molar-refractivity contribution in [1.82, 2.24) is 4.98 Å². The maximum atomic E-state index is 5.71. The van der Waals surface area contributed by atoms with Crippen molar-refractivity contribution < 1.29 is 9.15 Å². The molecule has 4 rings (SSSR count). The molecule has 0 N–H and O–H groups in total. The summed E-state index contributed by atoms with van der Waals surface area (Å²) in [4.78, 5) is 4.46. The molecule has 88 valence electrons. The zero-order valence-corrected chi connectivity index (χ0v) is 9.61. The fourth-order valence-electron chi connectivity index (χ4n) is 2.21. The number of para-hydroxylation sites is 2. The molecule has 1 aliphatic heterocycles. The minimum absolute atomic E-state index is 0.0419. The van der Waals surface area contributed by atoms with Crippen molar-refractivity contribution >= 4 is 11.1 Å². The lowest BCUT2D eigenvalue weighted by atomic mass is 10.1. The van der Waals surface area contributed by atoms with Crippen molar-refractivity contribution in [2.24, 2.45) is 0 Å². The van der Waals surface area contributed by atoms with Gasteiger partial charge in [-0.2, -0.15) is 0 Å². The number of fused-ring (bicyclic) bond motifs is 1. The first kappa shape index (κ1) is 9.85. The quantitative estimate of drug-likeness (QED) is 0.639. The van der Waals surface area contributed by atoms with Gasteiger partial charge in [-0.05, 0) is 17.7 Å². The van der Waals surface area contributed by atoms with Crippen LogP contribution in [0.15, 0.2) is 59.0 Å². The van der Waals surface area contributed by atoms with Crippen molar-refractivity contribution in [2.45, 2.75) is 12.2 Å². The third kappa shape index (κ3) is 1.52. The molecule has 3 heteroatoms. The highest BCUT2D eigenvalue weighted by atomic mass is 16.6. The molecular formula is C15H11NO2. The van der Waals surface area contributed by atoms with E-state index < -0.39 is 0 Å². The zero-order chi connectivity index (χ0) is 11.9. The summed E-state index contributed by atoms with van der Waals surface area (Å²) in [6.45, 7) is 0. The molecule has 0 amide bonds. The molecule has 3 nitrogen and oxygen atoms in total. The summed E-state index contributed by atoms with van der Waals surface area (Å²) in [6, 6.07) is 17.9. The van der Waals surface area contributed by atoms with E-state index in [1.54, 1.807) is 0 Å². The Bertz CT molecular complexity index is 657. The number of oxazole rings is 1. The number of hydrogen-bond acceptors (Lipinski definition) is 3. The fourth-order valence-corrected chi connectivity index (χ4v) is 2.21. The summed E-state index contributed by atoms with van der Waals surface area (Å²) < 4.78 is 11.4. The van der Waals surface area contributed by atoms with Crippen LogP contribution in [0.25, 0.3) is 11.1 Å². The van der Waals surface area contributed by atoms with E-state index in [1.165, 1.54) is 5.56 Å². The lowest BCUT2D eigenvalue weighted by Crippen LogP contribution is -1.83. The van der Waals surface area contributed by atoms with Crippen molar-refractivity contribution in [2.75, 3.05) is 0 Å². The highest BCUT2D eigenvalue weighted by molar-refractivity contribution is 5.72. The largest absolute Gasteiger partial charge is 0.438 e. The van der Waals surface area contributed by atoms with E-state index in [4.69, 9.17) is 9.15 Å². The number of rotatable bonds is 2. The van der Waals surface area contributed by atoms with Crippen LogP contribution in [0.4, 0.5) is 0 Å². The van der Waals surface area contributed by atoms with Gasteiger partial charge < -0.3 is 9.15 Å². The van der Waals surface area contributed by atoms with Gasteiger partial charge in [0.2, 0.25) is 5.89 Å². The summed E-state index contributed by atoms with van der Waals surface area (Å²) in [7, 11) is 0. The van der Waals surface area contributed by atoms with Gasteiger partial charge in [-0.1, -0.05) is 42.5 Å². The molecule has 1 fully saturated rings. The molecule has 1 aliphatic rings. The van der Waals surface area contributed by atoms with Crippen LogP contribution in [0.1, 0.15) is 23.7 Å². The van der Waals surface area contributed by atoms with E-state index in [0.717, 1.165) is 11.1 Å². The highest BCUT2D eigenvalue weighted by Crippen LogP contribution is 2.50. The second-order valence-electron chi connectivity index (χ2n) is 4.41. The Labute approximate surface area is 104 Å². The van der Waals surface area contributed by atoms with E-state index in [2.05, 4.69) is 17.1 Å². The summed E-state index contributed by atoms with van der Waals surface area (Å²) >= 11 is 0. The Balaban J connectivity index is 1.66. The molecule has 0 saturated carbocycles. The van der Waals surface area contributed by atoms with Crippen LogP contribution in [0.3, 0.4) is 0 Å². The molecule has 1 saturated heterocycles. The van der Waals surface area contributed by atoms with Gasteiger partial charge in [-0.15, -0.1) is 0 Å². The van der Waals surface area contributed by atoms with Gasteiger partial charge in [0.05, 0.1) is 0 Å². The van der Waals surface area contributed by atoms with Gasteiger partial charge in [-0.3, -0.25) is 0 Å². The van der Waals surface area contributed by atoms with Crippen LogP contribution in [0.5, 0.6) is 0 Å². The van der Waals surface area contributed by atoms with Crippen LogP contribution in [-0.2, 0) is 4.74 Å². The molecule has 2 unspecified atom stereocenters. The number of nitrogens with zero attached hydrogens (tertiary/aromatic N) is 1. The molecule has 0 aliphatic carbocycles. The van der Waals surface area contributed by atoms with Gasteiger partial charge in [-0.25, -0.2) is 4.98 Å². The third-order valence-electron chi connectivity index (χ3n) is 3.17. The van der Waals surface area contributed by atoms with Gasteiger partial charge in [0.25, 0.3) is 0 Å². The van der Waals surface area contributed by atoms with E-state index in [-0.39, 0.29) is 12.2 Å². The van der Waals surface area contributed by atoms with Crippen molar-refractivity contribution in [3.8, 4) is 0 Å². The van der Waals surface area contributed by atoms with Crippen LogP contribution >= 0.6 is 0 Å². The van der Waals surface area contributed by atoms with Gasteiger partial charge >= 0.3 is 0 Å². The minimum Gasteiger partial charge on any atom is -0.438 e. The Hall–Kier alpha value is -2.13. The third-order valence-corrected chi connectivity index (χ3v) is 3.17. The first-order valence-corrected chi connectivity index (χ1v) is 5.98. The molecule has 1 aromatic heterocycles. The SMILES string of the molecule is c1ccc(C2OC2c2nc3ccccc3o2)cc1. The molecule has 2 aromatic carbocycles. The maximum Gasteiger partial charge on any atom is 0.227 e. The average molecular weight is 237 g/mol. The Morgan fingerprint density at radius 1 is 0.833 bits per heavy atom. The molecule has 2 heterocycles. The fraction of sp³-hybridized carbons (Fsp3) is 0.133. The molecule has 18 heavy (non-hydrogen) atoms. The van der Waals surface area contributed by atoms with Gasteiger partial charge in [0.15, 0.2) is 11.7 Å². The Morgan fingerprint density at radius 3 is 2.44 bits per heavy atom. The average Bonchev–Trinajstić information content (AvgIpc) is 3.12. The first-order chi connectivity index (χ1) is 8.92. The van der Waals surface area contributed by atoms with E-state index in [1.807, 2.05) is 42.5 Å². The summed E-state index contributed by atoms with van der Waals surface area (Å²) in [5, 5.41) is 0. The maximum absolute atomic E-state index is 5.71. The normalized spacial score (nSPS) is 22.2.